The SMILES string of the molecule is CC(C)c1ccc(OCC(O)CN2CCCCC2)c(F)c1. The monoisotopic (exact) mass is 295 g/mol. The smallest absolute Gasteiger partial charge is 0.165 e. The molecule has 118 valence electrons. The lowest BCUT2D eigenvalue weighted by Gasteiger charge is -2.28. The highest BCUT2D eigenvalue weighted by molar-refractivity contribution is 5.30. The molecule has 0 spiro atoms. The molecule has 0 aliphatic carbocycles. The Labute approximate surface area is 126 Å². The summed E-state index contributed by atoms with van der Waals surface area (Å²) >= 11 is 0. The second-order valence-corrected chi connectivity index (χ2v) is 6.17. The second kappa shape index (κ2) is 7.76. The predicted molar refractivity (Wildman–Crippen MR) is 82.3 cm³/mol. The van der Waals surface area contributed by atoms with Crippen molar-refractivity contribution in [2.45, 2.75) is 45.1 Å². The van der Waals surface area contributed by atoms with E-state index in [1.165, 1.54) is 25.3 Å². The Bertz CT molecular complexity index is 444. The average molecular weight is 295 g/mol. The summed E-state index contributed by atoms with van der Waals surface area (Å²) in [7, 11) is 0. The zero-order valence-corrected chi connectivity index (χ0v) is 13.0. The van der Waals surface area contributed by atoms with Gasteiger partial charge in [0.2, 0.25) is 0 Å². The van der Waals surface area contributed by atoms with Gasteiger partial charge in [-0.2, -0.15) is 0 Å². The highest BCUT2D eigenvalue weighted by Crippen LogP contribution is 2.23. The molecule has 1 atom stereocenters. The van der Waals surface area contributed by atoms with Crippen molar-refractivity contribution in [3.8, 4) is 5.75 Å². The van der Waals surface area contributed by atoms with Gasteiger partial charge in [-0.05, 0) is 49.5 Å². The third-order valence-electron chi connectivity index (χ3n) is 3.97. The average Bonchev–Trinajstić information content (AvgIpc) is 2.47. The normalized spacial score (nSPS) is 18.0. The van der Waals surface area contributed by atoms with Crippen molar-refractivity contribution in [2.75, 3.05) is 26.2 Å². The fourth-order valence-electron chi connectivity index (χ4n) is 2.67. The number of halogens is 1. The molecule has 1 heterocycles. The Morgan fingerprint density at radius 3 is 2.57 bits per heavy atom. The first-order valence-electron chi connectivity index (χ1n) is 7.89. The highest BCUT2D eigenvalue weighted by atomic mass is 19.1. The third kappa shape index (κ3) is 4.97. The maximum absolute atomic E-state index is 13.9. The van der Waals surface area contributed by atoms with Gasteiger partial charge in [0.05, 0.1) is 0 Å². The summed E-state index contributed by atoms with van der Waals surface area (Å²) in [5, 5.41) is 10.0. The van der Waals surface area contributed by atoms with Gasteiger partial charge in [0.15, 0.2) is 11.6 Å². The fraction of sp³-hybridized carbons (Fsp3) is 0.647. The summed E-state index contributed by atoms with van der Waals surface area (Å²) in [6.45, 7) is 6.86. The van der Waals surface area contributed by atoms with Crippen LogP contribution in [0, 0.1) is 5.82 Å². The number of rotatable bonds is 6. The van der Waals surface area contributed by atoms with Crippen LogP contribution < -0.4 is 4.74 Å². The van der Waals surface area contributed by atoms with Crippen LogP contribution >= 0.6 is 0 Å². The minimum Gasteiger partial charge on any atom is -0.488 e. The van der Waals surface area contributed by atoms with E-state index in [-0.39, 0.29) is 18.2 Å². The molecule has 0 bridgehead atoms. The predicted octanol–water partition coefficient (Wildman–Crippen LogP) is 3.17. The van der Waals surface area contributed by atoms with Crippen molar-refractivity contribution in [1.29, 1.82) is 0 Å². The number of aliphatic hydroxyl groups excluding tert-OH is 1. The van der Waals surface area contributed by atoms with Crippen LogP contribution in [0.3, 0.4) is 0 Å². The van der Waals surface area contributed by atoms with E-state index in [2.05, 4.69) is 4.90 Å². The number of nitrogens with zero attached hydrogens (tertiary/aromatic N) is 1. The molecule has 21 heavy (non-hydrogen) atoms. The molecule has 1 aliphatic heterocycles. The molecule has 3 nitrogen and oxygen atoms in total. The van der Waals surface area contributed by atoms with E-state index in [9.17, 15) is 9.50 Å². The van der Waals surface area contributed by atoms with Crippen LogP contribution in [-0.2, 0) is 0 Å². The molecule has 0 radical (unpaired) electrons. The molecule has 1 aromatic rings. The zero-order chi connectivity index (χ0) is 15.2. The molecule has 1 fully saturated rings. The number of piperidine rings is 1. The number of ether oxygens (including phenoxy) is 1. The van der Waals surface area contributed by atoms with Gasteiger partial charge in [0, 0.05) is 6.54 Å². The molecule has 4 heteroatoms. The Balaban J connectivity index is 1.81. The van der Waals surface area contributed by atoms with Gasteiger partial charge in [-0.15, -0.1) is 0 Å². The van der Waals surface area contributed by atoms with E-state index < -0.39 is 6.10 Å². The van der Waals surface area contributed by atoms with Crippen molar-refractivity contribution < 1.29 is 14.2 Å². The number of aliphatic hydroxyl groups is 1. The van der Waals surface area contributed by atoms with E-state index in [1.807, 2.05) is 19.9 Å². The molecule has 1 saturated heterocycles. The largest absolute Gasteiger partial charge is 0.488 e. The molecule has 0 saturated carbocycles. The molecular formula is C17H26FNO2. The van der Waals surface area contributed by atoms with Crippen molar-refractivity contribution in [3.63, 3.8) is 0 Å². The number of benzene rings is 1. The number of hydrogen-bond donors (Lipinski definition) is 1. The maximum Gasteiger partial charge on any atom is 0.165 e. The van der Waals surface area contributed by atoms with E-state index in [0.29, 0.717) is 12.5 Å². The first-order valence-corrected chi connectivity index (χ1v) is 7.89. The molecular weight excluding hydrogens is 269 g/mol. The Hall–Kier alpha value is -1.13. The quantitative estimate of drug-likeness (QED) is 0.875. The Morgan fingerprint density at radius 2 is 1.95 bits per heavy atom. The summed E-state index contributed by atoms with van der Waals surface area (Å²) in [5.74, 6) is 0.154. The van der Waals surface area contributed by atoms with E-state index >= 15 is 0 Å². The van der Waals surface area contributed by atoms with Crippen LogP contribution in [0.15, 0.2) is 18.2 Å². The summed E-state index contributed by atoms with van der Waals surface area (Å²) in [6.07, 6.45) is 3.08. The van der Waals surface area contributed by atoms with E-state index in [1.54, 1.807) is 6.07 Å². The van der Waals surface area contributed by atoms with Crippen molar-refractivity contribution in [1.82, 2.24) is 4.90 Å². The number of β-amino-alcohol motifs (C(OH)–C–C–N with tert-alkyl or cyclic N) is 1. The van der Waals surface area contributed by atoms with Crippen LogP contribution in [0.4, 0.5) is 4.39 Å². The standard InChI is InChI=1S/C17H26FNO2/c1-13(2)14-6-7-17(16(18)10-14)21-12-15(20)11-19-8-4-3-5-9-19/h6-7,10,13,15,20H,3-5,8-9,11-12H2,1-2H3. The van der Waals surface area contributed by atoms with Crippen LogP contribution in [0.5, 0.6) is 5.75 Å². The lowest BCUT2D eigenvalue weighted by Crippen LogP contribution is -2.38. The molecule has 2 rings (SSSR count). The van der Waals surface area contributed by atoms with Crippen LogP contribution in [0.1, 0.15) is 44.6 Å². The van der Waals surface area contributed by atoms with Crippen molar-refractivity contribution >= 4 is 0 Å². The summed E-state index contributed by atoms with van der Waals surface area (Å²) in [6, 6.07) is 5.04. The lowest BCUT2D eigenvalue weighted by molar-refractivity contribution is 0.0604. The fourth-order valence-corrected chi connectivity index (χ4v) is 2.67. The van der Waals surface area contributed by atoms with Crippen molar-refractivity contribution in [2.24, 2.45) is 0 Å². The van der Waals surface area contributed by atoms with E-state index in [4.69, 9.17) is 4.74 Å². The molecule has 1 unspecified atom stereocenters. The summed E-state index contributed by atoms with van der Waals surface area (Å²) in [4.78, 5) is 2.25. The van der Waals surface area contributed by atoms with Gasteiger partial charge in [-0.25, -0.2) is 4.39 Å². The number of hydrogen-bond acceptors (Lipinski definition) is 3. The van der Waals surface area contributed by atoms with Crippen LogP contribution in [0.2, 0.25) is 0 Å². The van der Waals surface area contributed by atoms with Gasteiger partial charge in [-0.3, -0.25) is 0 Å². The van der Waals surface area contributed by atoms with Crippen LogP contribution in [-0.4, -0.2) is 42.4 Å². The van der Waals surface area contributed by atoms with Gasteiger partial charge >= 0.3 is 0 Å². The number of likely N-dealkylation sites (tertiary alicyclic amines) is 1. The first kappa shape index (κ1) is 16.2. The lowest BCUT2D eigenvalue weighted by atomic mass is 10.0. The van der Waals surface area contributed by atoms with Crippen LogP contribution in [0.25, 0.3) is 0 Å². The zero-order valence-electron chi connectivity index (χ0n) is 13.0. The molecule has 1 N–H and O–H groups in total. The third-order valence-corrected chi connectivity index (χ3v) is 3.97. The van der Waals surface area contributed by atoms with E-state index in [0.717, 1.165) is 18.7 Å². The second-order valence-electron chi connectivity index (χ2n) is 6.17. The maximum atomic E-state index is 13.9. The topological polar surface area (TPSA) is 32.7 Å². The minimum atomic E-state index is -0.577. The highest BCUT2D eigenvalue weighted by Gasteiger charge is 2.16. The summed E-state index contributed by atoms with van der Waals surface area (Å²) < 4.78 is 19.3. The minimum absolute atomic E-state index is 0.133. The molecule has 0 amide bonds. The molecule has 0 aromatic heterocycles. The summed E-state index contributed by atoms with van der Waals surface area (Å²) in [5.41, 5.74) is 0.953. The molecule has 1 aliphatic rings. The van der Waals surface area contributed by atoms with Gasteiger partial charge in [0.1, 0.15) is 12.7 Å². The Morgan fingerprint density at radius 1 is 1.24 bits per heavy atom. The first-order chi connectivity index (χ1) is 10.1. The van der Waals surface area contributed by atoms with Gasteiger partial charge in [-0.1, -0.05) is 26.3 Å². The van der Waals surface area contributed by atoms with Gasteiger partial charge < -0.3 is 14.7 Å². The molecule has 1 aromatic carbocycles. The Kier molecular flexibility index (Phi) is 6.00. The van der Waals surface area contributed by atoms with Crippen molar-refractivity contribution in [3.05, 3.63) is 29.6 Å². The van der Waals surface area contributed by atoms with Gasteiger partial charge in [0.25, 0.3) is 0 Å².